The van der Waals surface area contributed by atoms with Crippen LogP contribution in [0.3, 0.4) is 0 Å². The number of rotatable bonds is 6. The quantitative estimate of drug-likeness (QED) is 0.743. The summed E-state index contributed by atoms with van der Waals surface area (Å²) < 4.78 is 17.5. The third-order valence-corrected chi connectivity index (χ3v) is 5.65. The van der Waals surface area contributed by atoms with Crippen LogP contribution in [0.2, 0.25) is 0 Å². The molecule has 0 fully saturated rings. The second kappa shape index (κ2) is 6.26. The molecule has 0 N–H and O–H groups in total. The smallest absolute Gasteiger partial charge is 0.166 e. The molecule has 132 valence electrons. The molecule has 4 rings (SSSR count). The molecule has 2 aliphatic carbocycles. The lowest BCUT2D eigenvalue weighted by Crippen LogP contribution is -2.44. The Labute approximate surface area is 149 Å². The molecule has 3 atom stereocenters. The third kappa shape index (κ3) is 2.31. The third-order valence-electron chi connectivity index (χ3n) is 5.65. The van der Waals surface area contributed by atoms with E-state index < -0.39 is 0 Å². The van der Waals surface area contributed by atoms with Crippen molar-refractivity contribution in [3.05, 3.63) is 59.4 Å². The van der Waals surface area contributed by atoms with E-state index in [1.54, 1.807) is 14.2 Å². The molecular weight excluding hydrogens is 314 g/mol. The second-order valence-electron chi connectivity index (χ2n) is 6.72. The van der Waals surface area contributed by atoms with Crippen molar-refractivity contribution >= 4 is 0 Å². The van der Waals surface area contributed by atoms with Crippen LogP contribution in [0.15, 0.2) is 48.3 Å². The Balaban J connectivity index is 1.87. The number of benzene rings is 1. The second-order valence-corrected chi connectivity index (χ2v) is 6.72. The summed E-state index contributed by atoms with van der Waals surface area (Å²) in [5.41, 5.74) is 4.04. The van der Waals surface area contributed by atoms with E-state index in [-0.39, 0.29) is 12.0 Å². The van der Waals surface area contributed by atoms with E-state index >= 15 is 0 Å². The van der Waals surface area contributed by atoms with Gasteiger partial charge >= 0.3 is 0 Å². The minimum absolute atomic E-state index is 0.0970. The summed E-state index contributed by atoms with van der Waals surface area (Å²) in [7, 11) is 3.41. The highest BCUT2D eigenvalue weighted by Crippen LogP contribution is 2.55. The lowest BCUT2D eigenvalue weighted by molar-refractivity contribution is 0.141. The number of nitrogens with zero attached hydrogens (tertiary/aromatic N) is 1. The van der Waals surface area contributed by atoms with Crippen LogP contribution in [0.25, 0.3) is 0 Å². The highest BCUT2D eigenvalue weighted by Gasteiger charge is 2.49. The Bertz CT molecular complexity index is 765. The normalized spacial score (nSPS) is 25.7. The number of likely N-dealkylation sites (N-methyl/N-ethyl adjacent to an activating group) is 1. The van der Waals surface area contributed by atoms with Crippen molar-refractivity contribution in [3.8, 4) is 11.5 Å². The molecule has 1 aromatic rings. The first kappa shape index (κ1) is 16.3. The molecule has 4 nitrogen and oxygen atoms in total. The fourth-order valence-electron chi connectivity index (χ4n) is 4.52. The molecule has 1 aromatic carbocycles. The van der Waals surface area contributed by atoms with E-state index in [2.05, 4.69) is 36.6 Å². The van der Waals surface area contributed by atoms with E-state index in [1.807, 2.05) is 12.1 Å². The zero-order chi connectivity index (χ0) is 17.6. The van der Waals surface area contributed by atoms with Crippen LogP contribution in [0.4, 0.5) is 0 Å². The fourth-order valence-corrected chi connectivity index (χ4v) is 4.52. The van der Waals surface area contributed by atoms with Crippen molar-refractivity contribution in [2.45, 2.75) is 31.4 Å². The first-order chi connectivity index (χ1) is 12.2. The van der Waals surface area contributed by atoms with Gasteiger partial charge in [0.2, 0.25) is 0 Å². The van der Waals surface area contributed by atoms with Crippen LogP contribution in [-0.2, 0) is 11.2 Å². The Morgan fingerprint density at radius 3 is 2.80 bits per heavy atom. The van der Waals surface area contributed by atoms with Crippen LogP contribution >= 0.6 is 0 Å². The van der Waals surface area contributed by atoms with E-state index in [1.165, 1.54) is 16.7 Å². The van der Waals surface area contributed by atoms with Gasteiger partial charge in [-0.25, -0.2) is 0 Å². The van der Waals surface area contributed by atoms with Gasteiger partial charge in [-0.15, -0.1) is 6.58 Å². The summed E-state index contributed by atoms with van der Waals surface area (Å²) >= 11 is 0. The Morgan fingerprint density at radius 1 is 1.28 bits per heavy atom. The van der Waals surface area contributed by atoms with E-state index in [0.29, 0.717) is 6.04 Å². The van der Waals surface area contributed by atoms with Gasteiger partial charge in [-0.2, -0.15) is 0 Å². The van der Waals surface area contributed by atoms with Crippen LogP contribution < -0.4 is 9.47 Å². The van der Waals surface area contributed by atoms with E-state index in [9.17, 15) is 0 Å². The Morgan fingerprint density at radius 2 is 2.12 bits per heavy atom. The molecule has 3 aliphatic rings. The molecule has 0 spiro atoms. The molecular formula is C21H25NO3. The molecule has 0 saturated carbocycles. The lowest BCUT2D eigenvalue weighted by atomic mass is 9.72. The van der Waals surface area contributed by atoms with Crippen LogP contribution in [-0.4, -0.2) is 44.4 Å². The maximum atomic E-state index is 6.35. The molecule has 0 bridgehead atoms. The summed E-state index contributed by atoms with van der Waals surface area (Å²) in [5.74, 6) is 2.78. The van der Waals surface area contributed by atoms with Crippen molar-refractivity contribution in [1.29, 1.82) is 0 Å². The van der Waals surface area contributed by atoms with E-state index in [4.69, 9.17) is 14.2 Å². The first-order valence-electron chi connectivity index (χ1n) is 8.90. The fraction of sp³-hybridized carbons (Fsp3) is 0.429. The van der Waals surface area contributed by atoms with Crippen molar-refractivity contribution in [3.63, 3.8) is 0 Å². The van der Waals surface area contributed by atoms with Gasteiger partial charge in [-0.3, -0.25) is 4.90 Å². The predicted octanol–water partition coefficient (Wildman–Crippen LogP) is 3.44. The van der Waals surface area contributed by atoms with Crippen molar-refractivity contribution in [2.24, 2.45) is 0 Å². The Hall–Kier alpha value is -2.20. The predicted molar refractivity (Wildman–Crippen MR) is 98.3 cm³/mol. The summed E-state index contributed by atoms with van der Waals surface area (Å²) in [6.45, 7) is 8.02. The van der Waals surface area contributed by atoms with Gasteiger partial charge in [0.05, 0.1) is 20.1 Å². The van der Waals surface area contributed by atoms with Gasteiger partial charge in [0.15, 0.2) is 17.6 Å². The van der Waals surface area contributed by atoms with Gasteiger partial charge in [0, 0.05) is 18.2 Å². The van der Waals surface area contributed by atoms with Crippen molar-refractivity contribution < 1.29 is 14.2 Å². The summed E-state index contributed by atoms with van der Waals surface area (Å²) in [4.78, 5) is 2.48. The molecule has 0 radical (unpaired) electrons. The number of ether oxygens (including phenoxy) is 3. The molecule has 1 unspecified atom stereocenters. The molecule has 25 heavy (non-hydrogen) atoms. The molecule has 0 amide bonds. The summed E-state index contributed by atoms with van der Waals surface area (Å²) in [6, 6.07) is 4.58. The highest BCUT2D eigenvalue weighted by molar-refractivity contribution is 5.63. The minimum atomic E-state index is -0.0970. The maximum Gasteiger partial charge on any atom is 0.166 e. The van der Waals surface area contributed by atoms with Crippen LogP contribution in [0.5, 0.6) is 11.5 Å². The first-order valence-corrected chi connectivity index (χ1v) is 8.90. The number of methoxy groups -OCH3 is 2. The molecule has 1 aliphatic heterocycles. The molecule has 1 heterocycles. The van der Waals surface area contributed by atoms with Gasteiger partial charge in [0.1, 0.15) is 5.76 Å². The lowest BCUT2D eigenvalue weighted by Gasteiger charge is -2.40. The molecule has 0 aromatic heterocycles. The SMILES string of the molecule is C=CCN(CC)[C@H]1Cc2ccc(OC)c3c2C2C1=CC=C(OC)[C@H]2O3. The summed E-state index contributed by atoms with van der Waals surface area (Å²) in [6.07, 6.45) is 7.18. The monoisotopic (exact) mass is 339 g/mol. The molecule has 4 heteroatoms. The zero-order valence-electron chi connectivity index (χ0n) is 15.1. The van der Waals surface area contributed by atoms with Gasteiger partial charge in [-0.05, 0) is 36.2 Å². The van der Waals surface area contributed by atoms with Crippen molar-refractivity contribution in [2.75, 3.05) is 27.3 Å². The Kier molecular flexibility index (Phi) is 4.08. The largest absolute Gasteiger partial charge is 0.497 e. The topological polar surface area (TPSA) is 30.9 Å². The van der Waals surface area contributed by atoms with Crippen LogP contribution in [0, 0.1) is 0 Å². The number of allylic oxidation sites excluding steroid dienone is 2. The average molecular weight is 339 g/mol. The van der Waals surface area contributed by atoms with Crippen molar-refractivity contribution in [1.82, 2.24) is 4.90 Å². The summed E-state index contributed by atoms with van der Waals surface area (Å²) in [5, 5.41) is 0. The standard InChI is InChI=1S/C21H25NO3/c1-5-11-22(6-2)15-12-13-7-9-16(23-3)20-18(13)19-14(15)8-10-17(24-4)21(19)25-20/h5,7-10,15,19,21H,1,6,11-12H2,2-4H3/t15-,19?,21+/m0/s1. The van der Waals surface area contributed by atoms with Gasteiger partial charge in [-0.1, -0.05) is 25.1 Å². The van der Waals surface area contributed by atoms with Crippen LogP contribution in [0.1, 0.15) is 24.0 Å². The zero-order valence-corrected chi connectivity index (χ0v) is 15.1. The number of hydrogen-bond donors (Lipinski definition) is 0. The van der Waals surface area contributed by atoms with Gasteiger partial charge < -0.3 is 14.2 Å². The molecule has 0 saturated heterocycles. The maximum absolute atomic E-state index is 6.35. The number of hydrogen-bond acceptors (Lipinski definition) is 4. The average Bonchev–Trinajstić information content (AvgIpc) is 3.05. The van der Waals surface area contributed by atoms with Gasteiger partial charge in [0.25, 0.3) is 0 Å². The highest BCUT2D eigenvalue weighted by atomic mass is 16.6. The minimum Gasteiger partial charge on any atom is -0.497 e. The van der Waals surface area contributed by atoms with E-state index in [0.717, 1.165) is 36.8 Å².